The molecule has 0 radical (unpaired) electrons. The molecule has 1 amide bonds. The average Bonchev–Trinajstić information content (AvgIpc) is 2.46. The van der Waals surface area contributed by atoms with Crippen LogP contribution in [0.5, 0.6) is 5.75 Å². The summed E-state index contributed by atoms with van der Waals surface area (Å²) >= 11 is 0. The van der Waals surface area contributed by atoms with Gasteiger partial charge < -0.3 is 15.2 Å². The second-order valence-electron chi connectivity index (χ2n) is 4.43. The molecule has 21 heavy (non-hydrogen) atoms. The van der Waals surface area contributed by atoms with Gasteiger partial charge in [-0.05, 0) is 18.2 Å². The van der Waals surface area contributed by atoms with E-state index in [0.717, 1.165) is 0 Å². The molecule has 0 aliphatic carbocycles. The third-order valence-corrected chi connectivity index (χ3v) is 2.83. The Balaban J connectivity index is 2.17. The summed E-state index contributed by atoms with van der Waals surface area (Å²) in [6, 6.07) is 13.6. The second kappa shape index (κ2) is 6.56. The van der Waals surface area contributed by atoms with E-state index in [-0.39, 0.29) is 18.1 Å². The minimum Gasteiger partial charge on any atom is -0.487 e. The minimum absolute atomic E-state index is 0.110. The highest BCUT2D eigenvalue weighted by atomic mass is 16.5. The monoisotopic (exact) mass is 285 g/mol. The molecule has 0 unspecified atom stereocenters. The van der Waals surface area contributed by atoms with Gasteiger partial charge in [-0.3, -0.25) is 4.79 Å². The van der Waals surface area contributed by atoms with E-state index in [4.69, 9.17) is 9.84 Å². The number of nitrogens with one attached hydrogen (secondary N) is 1. The number of ether oxygens (including phenoxy) is 1. The highest BCUT2D eigenvalue weighted by Gasteiger charge is 2.10. The molecule has 0 aromatic heterocycles. The molecule has 2 aromatic rings. The number of carboxylic acids is 1. The maximum atomic E-state index is 11.1. The van der Waals surface area contributed by atoms with Gasteiger partial charge in [0.05, 0.1) is 11.3 Å². The molecule has 0 heterocycles. The van der Waals surface area contributed by atoms with Crippen LogP contribution < -0.4 is 10.1 Å². The Labute approximate surface area is 122 Å². The SMILES string of the molecule is CC(=O)Nc1ccccc1OCc1ccccc1C(=O)O. The standard InChI is InChI=1S/C16H15NO4/c1-11(18)17-14-8-4-5-9-15(14)21-10-12-6-2-3-7-13(12)16(19)20/h2-9H,10H2,1H3,(H,17,18)(H,19,20). The molecule has 0 fully saturated rings. The zero-order valence-electron chi connectivity index (χ0n) is 11.5. The fourth-order valence-electron chi connectivity index (χ4n) is 1.90. The Morgan fingerprint density at radius 1 is 1.10 bits per heavy atom. The summed E-state index contributed by atoms with van der Waals surface area (Å²) in [5, 5.41) is 11.8. The summed E-state index contributed by atoms with van der Waals surface area (Å²) in [4.78, 5) is 22.3. The summed E-state index contributed by atoms with van der Waals surface area (Å²) in [6.45, 7) is 1.52. The number of hydrogen-bond acceptors (Lipinski definition) is 3. The van der Waals surface area contributed by atoms with Crippen LogP contribution in [0.3, 0.4) is 0 Å². The Hall–Kier alpha value is -2.82. The molecular weight excluding hydrogens is 270 g/mol. The molecule has 2 N–H and O–H groups in total. The zero-order valence-corrected chi connectivity index (χ0v) is 11.5. The lowest BCUT2D eigenvalue weighted by molar-refractivity contribution is -0.114. The number of aromatic carboxylic acids is 1. The lowest BCUT2D eigenvalue weighted by Gasteiger charge is -2.12. The quantitative estimate of drug-likeness (QED) is 0.885. The Kier molecular flexibility index (Phi) is 4.56. The first kappa shape index (κ1) is 14.6. The lowest BCUT2D eigenvalue weighted by atomic mass is 10.1. The molecule has 0 saturated heterocycles. The fourth-order valence-corrected chi connectivity index (χ4v) is 1.90. The lowest BCUT2D eigenvalue weighted by Crippen LogP contribution is -2.09. The molecule has 0 bridgehead atoms. The van der Waals surface area contributed by atoms with Crippen molar-refractivity contribution in [3.63, 3.8) is 0 Å². The van der Waals surface area contributed by atoms with Crippen molar-refractivity contribution in [2.24, 2.45) is 0 Å². The average molecular weight is 285 g/mol. The van der Waals surface area contributed by atoms with Crippen LogP contribution in [0.25, 0.3) is 0 Å². The summed E-state index contributed by atoms with van der Waals surface area (Å²) in [7, 11) is 0. The van der Waals surface area contributed by atoms with E-state index in [1.165, 1.54) is 13.0 Å². The number of carbonyl (C=O) groups is 2. The number of carbonyl (C=O) groups excluding carboxylic acids is 1. The van der Waals surface area contributed by atoms with E-state index in [2.05, 4.69) is 5.32 Å². The first-order valence-electron chi connectivity index (χ1n) is 6.38. The predicted molar refractivity (Wildman–Crippen MR) is 78.5 cm³/mol. The smallest absolute Gasteiger partial charge is 0.336 e. The van der Waals surface area contributed by atoms with Crippen LogP contribution in [0.1, 0.15) is 22.8 Å². The van der Waals surface area contributed by atoms with Crippen molar-refractivity contribution in [2.75, 3.05) is 5.32 Å². The molecule has 5 heteroatoms. The zero-order chi connectivity index (χ0) is 15.2. The van der Waals surface area contributed by atoms with Gasteiger partial charge in [0.2, 0.25) is 5.91 Å². The highest BCUT2D eigenvalue weighted by molar-refractivity contribution is 5.90. The minimum atomic E-state index is -0.996. The molecule has 0 aliphatic heterocycles. The van der Waals surface area contributed by atoms with Crippen LogP contribution in [-0.4, -0.2) is 17.0 Å². The van der Waals surface area contributed by atoms with E-state index < -0.39 is 5.97 Å². The van der Waals surface area contributed by atoms with Gasteiger partial charge in [-0.2, -0.15) is 0 Å². The van der Waals surface area contributed by atoms with E-state index in [1.54, 1.807) is 42.5 Å². The molecule has 0 atom stereocenters. The number of benzene rings is 2. The number of para-hydroxylation sites is 2. The molecule has 0 saturated carbocycles. The number of hydrogen-bond donors (Lipinski definition) is 2. The van der Waals surface area contributed by atoms with Crippen molar-refractivity contribution < 1.29 is 19.4 Å². The van der Waals surface area contributed by atoms with Gasteiger partial charge in [0, 0.05) is 12.5 Å². The Morgan fingerprint density at radius 3 is 2.48 bits per heavy atom. The van der Waals surface area contributed by atoms with E-state index in [0.29, 0.717) is 17.0 Å². The topological polar surface area (TPSA) is 75.6 Å². The highest BCUT2D eigenvalue weighted by Crippen LogP contribution is 2.25. The molecule has 2 rings (SSSR count). The first-order valence-corrected chi connectivity index (χ1v) is 6.38. The number of carboxylic acid groups (broad SMARTS) is 1. The van der Waals surface area contributed by atoms with E-state index >= 15 is 0 Å². The molecule has 0 spiro atoms. The predicted octanol–water partition coefficient (Wildman–Crippen LogP) is 2.92. The maximum Gasteiger partial charge on any atom is 0.336 e. The third kappa shape index (κ3) is 3.82. The van der Waals surface area contributed by atoms with Crippen LogP contribution in [0, 0.1) is 0 Å². The summed E-state index contributed by atoms with van der Waals surface area (Å²) in [6.07, 6.45) is 0. The van der Waals surface area contributed by atoms with Gasteiger partial charge in [0.25, 0.3) is 0 Å². The Morgan fingerprint density at radius 2 is 1.76 bits per heavy atom. The van der Waals surface area contributed by atoms with E-state index in [9.17, 15) is 9.59 Å². The van der Waals surface area contributed by atoms with Gasteiger partial charge in [0.15, 0.2) is 0 Å². The van der Waals surface area contributed by atoms with Crippen molar-refractivity contribution in [3.8, 4) is 5.75 Å². The van der Waals surface area contributed by atoms with Crippen LogP contribution in [0.4, 0.5) is 5.69 Å². The van der Waals surface area contributed by atoms with Crippen molar-refractivity contribution in [1.29, 1.82) is 0 Å². The van der Waals surface area contributed by atoms with Gasteiger partial charge in [-0.25, -0.2) is 4.79 Å². The number of anilines is 1. The van der Waals surface area contributed by atoms with Crippen LogP contribution >= 0.6 is 0 Å². The molecule has 5 nitrogen and oxygen atoms in total. The fraction of sp³-hybridized carbons (Fsp3) is 0.125. The second-order valence-corrected chi connectivity index (χ2v) is 4.43. The van der Waals surface area contributed by atoms with Gasteiger partial charge >= 0.3 is 5.97 Å². The molecular formula is C16H15NO4. The summed E-state index contributed by atoms with van der Waals surface area (Å²) in [5.74, 6) is -0.700. The third-order valence-electron chi connectivity index (χ3n) is 2.83. The van der Waals surface area contributed by atoms with Crippen molar-refractivity contribution in [2.45, 2.75) is 13.5 Å². The molecule has 2 aromatic carbocycles. The Bertz CT molecular complexity index is 667. The van der Waals surface area contributed by atoms with Crippen LogP contribution in [0.15, 0.2) is 48.5 Å². The van der Waals surface area contributed by atoms with Gasteiger partial charge in [-0.1, -0.05) is 30.3 Å². The number of amides is 1. The van der Waals surface area contributed by atoms with Gasteiger partial charge in [0.1, 0.15) is 12.4 Å². The van der Waals surface area contributed by atoms with Crippen LogP contribution in [0.2, 0.25) is 0 Å². The largest absolute Gasteiger partial charge is 0.487 e. The molecule has 0 aliphatic rings. The van der Waals surface area contributed by atoms with Crippen LogP contribution in [-0.2, 0) is 11.4 Å². The number of rotatable bonds is 5. The van der Waals surface area contributed by atoms with Gasteiger partial charge in [-0.15, -0.1) is 0 Å². The van der Waals surface area contributed by atoms with Crippen molar-refractivity contribution >= 4 is 17.6 Å². The maximum absolute atomic E-state index is 11.1. The van der Waals surface area contributed by atoms with E-state index in [1.807, 2.05) is 0 Å². The van der Waals surface area contributed by atoms with Crippen molar-refractivity contribution in [3.05, 3.63) is 59.7 Å². The first-order chi connectivity index (χ1) is 10.1. The molecule has 108 valence electrons. The summed E-state index contributed by atoms with van der Waals surface area (Å²) in [5.41, 5.74) is 1.33. The summed E-state index contributed by atoms with van der Waals surface area (Å²) < 4.78 is 5.64. The van der Waals surface area contributed by atoms with Crippen molar-refractivity contribution in [1.82, 2.24) is 0 Å². The normalized spacial score (nSPS) is 9.95.